The zero-order chi connectivity index (χ0) is 25.1. The summed E-state index contributed by atoms with van der Waals surface area (Å²) in [5.41, 5.74) is 2.02. The van der Waals surface area contributed by atoms with Crippen LogP contribution in [0.3, 0.4) is 0 Å². The van der Waals surface area contributed by atoms with E-state index >= 15 is 0 Å². The van der Waals surface area contributed by atoms with Crippen molar-refractivity contribution in [2.75, 3.05) is 12.0 Å². The van der Waals surface area contributed by atoms with E-state index in [1.54, 1.807) is 31.2 Å². The highest BCUT2D eigenvalue weighted by molar-refractivity contribution is 6.40. The molecule has 7 nitrogen and oxygen atoms in total. The second kappa shape index (κ2) is 10.2. The summed E-state index contributed by atoms with van der Waals surface area (Å²) in [6.45, 7) is 2.00. The molecule has 1 heterocycles. The van der Waals surface area contributed by atoms with Gasteiger partial charge in [0.1, 0.15) is 12.2 Å². The fourth-order valence-electron chi connectivity index (χ4n) is 3.56. The topological polar surface area (TPSA) is 84.9 Å². The average molecular weight is 511 g/mol. The highest BCUT2D eigenvalue weighted by Crippen LogP contribution is 2.38. The molecule has 1 aliphatic heterocycles. The second-order valence-electron chi connectivity index (χ2n) is 7.70. The molecule has 0 atom stereocenters. The van der Waals surface area contributed by atoms with Gasteiger partial charge in [0, 0.05) is 5.02 Å². The monoisotopic (exact) mass is 510 g/mol. The number of hydrogen-bond donors (Lipinski definition) is 1. The van der Waals surface area contributed by atoms with Gasteiger partial charge < -0.3 is 9.47 Å². The Morgan fingerprint density at radius 1 is 1.00 bits per heavy atom. The first-order valence-corrected chi connectivity index (χ1v) is 11.3. The zero-order valence-electron chi connectivity index (χ0n) is 18.8. The van der Waals surface area contributed by atoms with Crippen molar-refractivity contribution in [1.82, 2.24) is 5.32 Å². The molecule has 35 heavy (non-hydrogen) atoms. The number of carbonyl (C=O) groups excluding carboxylic acids is 3. The van der Waals surface area contributed by atoms with Crippen molar-refractivity contribution >= 4 is 52.8 Å². The lowest BCUT2D eigenvalue weighted by molar-refractivity contribution is -0.122. The van der Waals surface area contributed by atoms with Gasteiger partial charge in [-0.05, 0) is 54.0 Å². The number of nitrogens with one attached hydrogen (secondary N) is 1. The molecule has 0 aromatic heterocycles. The lowest BCUT2D eigenvalue weighted by Gasteiger charge is -2.27. The summed E-state index contributed by atoms with van der Waals surface area (Å²) in [6.07, 6.45) is 1.34. The number of urea groups is 1. The van der Waals surface area contributed by atoms with E-state index in [1.807, 2.05) is 30.3 Å². The molecule has 0 saturated carbocycles. The molecule has 4 rings (SSSR count). The van der Waals surface area contributed by atoms with Crippen molar-refractivity contribution in [2.24, 2.45) is 0 Å². The molecule has 4 amide bonds. The van der Waals surface area contributed by atoms with Gasteiger partial charge >= 0.3 is 6.03 Å². The summed E-state index contributed by atoms with van der Waals surface area (Å²) < 4.78 is 11.3. The van der Waals surface area contributed by atoms with E-state index in [9.17, 15) is 14.4 Å². The molecule has 0 bridgehead atoms. The number of aryl methyl sites for hydroxylation is 1. The summed E-state index contributed by atoms with van der Waals surface area (Å²) in [5.74, 6) is -0.965. The van der Waals surface area contributed by atoms with Gasteiger partial charge in [0.05, 0.1) is 17.8 Å². The maximum atomic E-state index is 13.2. The number of anilines is 1. The van der Waals surface area contributed by atoms with Crippen molar-refractivity contribution in [3.05, 3.63) is 93.0 Å². The number of halogens is 2. The Morgan fingerprint density at radius 3 is 2.46 bits per heavy atom. The van der Waals surface area contributed by atoms with Gasteiger partial charge in [-0.25, -0.2) is 9.69 Å². The van der Waals surface area contributed by atoms with Crippen LogP contribution in [-0.2, 0) is 16.2 Å². The van der Waals surface area contributed by atoms with Crippen LogP contribution in [0.5, 0.6) is 11.5 Å². The summed E-state index contributed by atoms with van der Waals surface area (Å²) in [5, 5.41) is 2.77. The van der Waals surface area contributed by atoms with Crippen molar-refractivity contribution < 1.29 is 23.9 Å². The quantitative estimate of drug-likeness (QED) is 0.346. The van der Waals surface area contributed by atoms with E-state index in [1.165, 1.54) is 19.3 Å². The first kappa shape index (κ1) is 24.3. The molecule has 3 aromatic carbocycles. The van der Waals surface area contributed by atoms with Crippen LogP contribution in [0.4, 0.5) is 10.5 Å². The lowest BCUT2D eigenvalue weighted by atomic mass is 10.1. The van der Waals surface area contributed by atoms with Gasteiger partial charge in [-0.3, -0.25) is 14.9 Å². The number of methoxy groups -OCH3 is 1. The summed E-state index contributed by atoms with van der Waals surface area (Å²) >= 11 is 12.5. The van der Waals surface area contributed by atoms with Gasteiger partial charge in [0.15, 0.2) is 11.5 Å². The van der Waals surface area contributed by atoms with Gasteiger partial charge in [0.2, 0.25) is 0 Å². The Morgan fingerprint density at radius 2 is 1.74 bits per heavy atom. The van der Waals surface area contributed by atoms with Crippen LogP contribution in [0.25, 0.3) is 6.08 Å². The number of barbiturate groups is 1. The number of ether oxygens (including phenoxy) is 2. The summed E-state index contributed by atoms with van der Waals surface area (Å²) in [6, 6.07) is 16.6. The van der Waals surface area contributed by atoms with Gasteiger partial charge in [-0.1, -0.05) is 59.6 Å². The molecule has 0 unspecified atom stereocenters. The van der Waals surface area contributed by atoms with E-state index in [2.05, 4.69) is 5.32 Å². The molecular formula is C26H20Cl2N2O5. The average Bonchev–Trinajstić information content (AvgIpc) is 2.83. The molecule has 0 spiro atoms. The number of benzene rings is 3. The normalized spacial score (nSPS) is 14.8. The van der Waals surface area contributed by atoms with Gasteiger partial charge in [-0.15, -0.1) is 0 Å². The van der Waals surface area contributed by atoms with Crippen LogP contribution in [-0.4, -0.2) is 25.0 Å². The van der Waals surface area contributed by atoms with Crippen LogP contribution in [0.15, 0.2) is 66.2 Å². The predicted octanol–water partition coefficient (Wildman–Crippen LogP) is 5.56. The summed E-state index contributed by atoms with van der Waals surface area (Å²) in [7, 11) is 1.46. The summed E-state index contributed by atoms with van der Waals surface area (Å²) in [4.78, 5) is 39.2. The fourth-order valence-corrected chi connectivity index (χ4v) is 4.00. The Labute approximate surface area is 211 Å². The Bertz CT molecular complexity index is 1360. The largest absolute Gasteiger partial charge is 0.493 e. The minimum atomic E-state index is -0.859. The molecule has 0 aliphatic carbocycles. The van der Waals surface area contributed by atoms with E-state index in [0.717, 1.165) is 10.5 Å². The molecule has 1 N–H and O–H groups in total. The Hall–Kier alpha value is -3.81. The number of imide groups is 2. The molecule has 9 heteroatoms. The number of hydrogen-bond acceptors (Lipinski definition) is 5. The number of nitrogens with zero attached hydrogens (tertiary/aromatic N) is 1. The van der Waals surface area contributed by atoms with E-state index in [0.29, 0.717) is 27.6 Å². The smallest absolute Gasteiger partial charge is 0.335 e. The zero-order valence-corrected chi connectivity index (χ0v) is 20.3. The maximum absolute atomic E-state index is 13.2. The van der Waals surface area contributed by atoms with Crippen LogP contribution >= 0.6 is 23.2 Å². The van der Waals surface area contributed by atoms with Crippen LogP contribution in [0.2, 0.25) is 10.0 Å². The molecule has 178 valence electrons. The van der Waals surface area contributed by atoms with E-state index in [-0.39, 0.29) is 22.9 Å². The van der Waals surface area contributed by atoms with Crippen LogP contribution in [0, 0.1) is 6.92 Å². The Kier molecular flexibility index (Phi) is 7.10. The number of carbonyl (C=O) groups is 3. The highest BCUT2D eigenvalue weighted by atomic mass is 35.5. The number of amides is 4. The fraction of sp³-hybridized carbons (Fsp3) is 0.115. The van der Waals surface area contributed by atoms with E-state index in [4.69, 9.17) is 32.7 Å². The van der Waals surface area contributed by atoms with E-state index < -0.39 is 17.8 Å². The first-order valence-electron chi connectivity index (χ1n) is 10.5. The number of rotatable bonds is 6. The molecule has 1 saturated heterocycles. The third-order valence-electron chi connectivity index (χ3n) is 5.30. The molecule has 1 aliphatic rings. The third-order valence-corrected chi connectivity index (χ3v) is 5.82. The van der Waals surface area contributed by atoms with Gasteiger partial charge in [0.25, 0.3) is 11.8 Å². The minimum absolute atomic E-state index is 0.231. The van der Waals surface area contributed by atoms with Crippen molar-refractivity contribution in [3.8, 4) is 11.5 Å². The Balaban J connectivity index is 1.67. The minimum Gasteiger partial charge on any atom is -0.493 e. The molecular weight excluding hydrogens is 491 g/mol. The third kappa shape index (κ3) is 5.16. The molecule has 3 aromatic rings. The van der Waals surface area contributed by atoms with Crippen LogP contribution in [0.1, 0.15) is 16.7 Å². The van der Waals surface area contributed by atoms with Crippen molar-refractivity contribution in [1.29, 1.82) is 0 Å². The molecule has 1 fully saturated rings. The first-order chi connectivity index (χ1) is 16.8. The van der Waals surface area contributed by atoms with Crippen molar-refractivity contribution in [3.63, 3.8) is 0 Å². The van der Waals surface area contributed by atoms with Gasteiger partial charge in [-0.2, -0.15) is 0 Å². The highest BCUT2D eigenvalue weighted by Gasteiger charge is 2.37. The maximum Gasteiger partial charge on any atom is 0.335 e. The standard InChI is InChI=1S/C26H20Cl2N2O5/c1-15-8-9-18(27)13-21(15)30-25(32)19(24(31)29-26(30)33)10-17-11-20(28)23(22(12-17)34-2)35-14-16-6-4-3-5-7-16/h3-13H,14H2,1-2H3,(H,29,31,33)/b19-10+. The van der Waals surface area contributed by atoms with Crippen LogP contribution < -0.4 is 19.7 Å². The lowest BCUT2D eigenvalue weighted by Crippen LogP contribution is -2.54. The predicted molar refractivity (Wildman–Crippen MR) is 134 cm³/mol. The second-order valence-corrected chi connectivity index (χ2v) is 8.54. The van der Waals surface area contributed by atoms with Crippen molar-refractivity contribution in [2.45, 2.75) is 13.5 Å². The molecule has 0 radical (unpaired) electrons. The SMILES string of the molecule is COc1cc(/C=C2\C(=O)NC(=O)N(c3cc(Cl)ccc3C)C2=O)cc(Cl)c1OCc1ccccc1.